The summed E-state index contributed by atoms with van der Waals surface area (Å²) in [6, 6.07) is 7.53. The summed E-state index contributed by atoms with van der Waals surface area (Å²) in [5.74, 6) is -0.356. The maximum atomic E-state index is 11.1. The number of rotatable bonds is 4. The first-order valence-electron chi connectivity index (χ1n) is 6.80. The molecule has 2 aromatic rings. The number of carbonyl (C=O) groups is 1. The van der Waals surface area contributed by atoms with Crippen LogP contribution in [0.1, 0.15) is 19.3 Å². The lowest BCUT2D eigenvalue weighted by Crippen LogP contribution is -2.25. The predicted octanol–water partition coefficient (Wildman–Crippen LogP) is 1.94. The van der Waals surface area contributed by atoms with Gasteiger partial charge in [-0.05, 0) is 30.9 Å². The Hall–Kier alpha value is -2.24. The largest absolute Gasteiger partial charge is 0.481 e. The molecule has 6 nitrogen and oxygen atoms in total. The van der Waals surface area contributed by atoms with E-state index in [4.69, 9.17) is 5.11 Å². The molecule has 2 unspecified atom stereocenters. The molecule has 0 saturated heterocycles. The van der Waals surface area contributed by atoms with E-state index in [1.165, 1.54) is 0 Å². The van der Waals surface area contributed by atoms with Gasteiger partial charge in [-0.3, -0.25) is 4.79 Å². The van der Waals surface area contributed by atoms with Gasteiger partial charge in [-0.1, -0.05) is 18.6 Å². The van der Waals surface area contributed by atoms with Crippen molar-refractivity contribution in [3.05, 3.63) is 24.3 Å². The summed E-state index contributed by atoms with van der Waals surface area (Å²) in [6.07, 6.45) is 2.67. The van der Waals surface area contributed by atoms with Crippen LogP contribution in [0.5, 0.6) is 0 Å². The first-order chi connectivity index (χ1) is 9.74. The van der Waals surface area contributed by atoms with Crippen molar-refractivity contribution >= 4 is 23.0 Å². The molecule has 6 heteroatoms. The minimum atomic E-state index is -0.702. The van der Waals surface area contributed by atoms with E-state index in [-0.39, 0.29) is 11.8 Å². The molecule has 1 aromatic heterocycles. The Balaban J connectivity index is 1.69. The number of nitrogens with zero attached hydrogens (tertiary/aromatic N) is 3. The topological polar surface area (TPSA) is 88.0 Å². The summed E-state index contributed by atoms with van der Waals surface area (Å²) in [4.78, 5) is 15.5. The number of fused-ring (bicyclic) bond motifs is 1. The van der Waals surface area contributed by atoms with E-state index in [1.807, 2.05) is 24.3 Å². The molecule has 1 heterocycles. The molecule has 1 saturated carbocycles. The Kier molecular flexibility index (Phi) is 3.45. The third-order valence-electron chi connectivity index (χ3n) is 3.86. The van der Waals surface area contributed by atoms with Gasteiger partial charge in [0.1, 0.15) is 5.52 Å². The Morgan fingerprint density at radius 1 is 1.25 bits per heavy atom. The minimum absolute atomic E-state index is 0.141. The van der Waals surface area contributed by atoms with Crippen LogP contribution in [0.4, 0.5) is 5.95 Å². The van der Waals surface area contributed by atoms with Crippen LogP contribution in [0.2, 0.25) is 0 Å². The number of aliphatic carboxylic acids is 1. The lowest BCUT2D eigenvalue weighted by Gasteiger charge is -2.16. The van der Waals surface area contributed by atoms with Gasteiger partial charge < -0.3 is 10.4 Å². The summed E-state index contributed by atoms with van der Waals surface area (Å²) < 4.78 is 0. The zero-order valence-corrected chi connectivity index (χ0v) is 11.0. The normalized spacial score (nSPS) is 22.0. The van der Waals surface area contributed by atoms with Crippen LogP contribution in [0, 0.1) is 11.8 Å². The third kappa shape index (κ3) is 2.54. The average molecular weight is 272 g/mol. The SMILES string of the molecule is O=C(O)C1CCCC1CNc1nnc2ccccc2n1. The molecule has 1 aliphatic carbocycles. The minimum Gasteiger partial charge on any atom is -0.481 e. The third-order valence-corrected chi connectivity index (χ3v) is 3.86. The number of hydrogen-bond donors (Lipinski definition) is 2. The van der Waals surface area contributed by atoms with Crippen molar-refractivity contribution in [2.75, 3.05) is 11.9 Å². The monoisotopic (exact) mass is 272 g/mol. The summed E-state index contributed by atoms with van der Waals surface area (Å²) in [5, 5.41) is 20.4. The molecule has 104 valence electrons. The summed E-state index contributed by atoms with van der Waals surface area (Å²) >= 11 is 0. The molecule has 20 heavy (non-hydrogen) atoms. The molecule has 1 aliphatic rings. The highest BCUT2D eigenvalue weighted by atomic mass is 16.4. The molecule has 0 amide bonds. The second kappa shape index (κ2) is 5.40. The maximum Gasteiger partial charge on any atom is 0.306 e. The zero-order valence-electron chi connectivity index (χ0n) is 11.0. The fourth-order valence-electron chi connectivity index (χ4n) is 2.78. The fourth-order valence-corrected chi connectivity index (χ4v) is 2.78. The molecule has 3 rings (SSSR count). The van der Waals surface area contributed by atoms with Crippen molar-refractivity contribution in [1.29, 1.82) is 0 Å². The second-order valence-corrected chi connectivity index (χ2v) is 5.14. The van der Waals surface area contributed by atoms with E-state index in [2.05, 4.69) is 20.5 Å². The molecule has 2 atom stereocenters. The van der Waals surface area contributed by atoms with Crippen molar-refractivity contribution in [1.82, 2.24) is 15.2 Å². The summed E-state index contributed by atoms with van der Waals surface area (Å²) in [7, 11) is 0. The van der Waals surface area contributed by atoms with Crippen molar-refractivity contribution in [2.45, 2.75) is 19.3 Å². The van der Waals surface area contributed by atoms with Gasteiger partial charge in [-0.25, -0.2) is 4.98 Å². The highest BCUT2D eigenvalue weighted by molar-refractivity contribution is 5.74. The van der Waals surface area contributed by atoms with Gasteiger partial charge in [0.15, 0.2) is 0 Å². The van der Waals surface area contributed by atoms with Crippen molar-refractivity contribution in [2.24, 2.45) is 11.8 Å². The van der Waals surface area contributed by atoms with Crippen LogP contribution in [-0.4, -0.2) is 32.8 Å². The standard InChI is InChI=1S/C14H16N4O2/c19-13(20)10-5-3-4-9(10)8-15-14-16-11-6-1-2-7-12(11)17-18-14/h1-2,6-7,9-10H,3-5,8H2,(H,19,20)(H,15,16,18). The Bertz CT molecular complexity index is 631. The van der Waals surface area contributed by atoms with E-state index >= 15 is 0 Å². The molecular weight excluding hydrogens is 256 g/mol. The van der Waals surface area contributed by atoms with Gasteiger partial charge >= 0.3 is 5.97 Å². The van der Waals surface area contributed by atoms with E-state index in [9.17, 15) is 4.79 Å². The smallest absolute Gasteiger partial charge is 0.306 e. The van der Waals surface area contributed by atoms with E-state index in [0.29, 0.717) is 12.5 Å². The van der Waals surface area contributed by atoms with Crippen LogP contribution in [0.3, 0.4) is 0 Å². The lowest BCUT2D eigenvalue weighted by atomic mass is 9.96. The van der Waals surface area contributed by atoms with Gasteiger partial charge in [-0.2, -0.15) is 0 Å². The van der Waals surface area contributed by atoms with E-state index in [0.717, 1.165) is 30.3 Å². The Morgan fingerprint density at radius 3 is 2.85 bits per heavy atom. The molecular formula is C14H16N4O2. The van der Waals surface area contributed by atoms with Crippen LogP contribution < -0.4 is 5.32 Å². The molecule has 0 radical (unpaired) electrons. The molecule has 1 fully saturated rings. The van der Waals surface area contributed by atoms with Crippen molar-refractivity contribution < 1.29 is 9.90 Å². The predicted molar refractivity (Wildman–Crippen MR) is 74.3 cm³/mol. The number of aromatic nitrogens is 3. The molecule has 0 bridgehead atoms. The maximum absolute atomic E-state index is 11.1. The molecule has 0 spiro atoms. The van der Waals surface area contributed by atoms with Gasteiger partial charge in [-0.15, -0.1) is 10.2 Å². The first kappa shape index (κ1) is 12.8. The van der Waals surface area contributed by atoms with Gasteiger partial charge in [0.2, 0.25) is 5.95 Å². The highest BCUT2D eigenvalue weighted by Gasteiger charge is 2.32. The number of carboxylic acid groups (broad SMARTS) is 1. The van der Waals surface area contributed by atoms with Crippen LogP contribution in [0.15, 0.2) is 24.3 Å². The Labute approximate surface area is 116 Å². The van der Waals surface area contributed by atoms with Crippen LogP contribution in [-0.2, 0) is 4.79 Å². The average Bonchev–Trinajstić information content (AvgIpc) is 2.93. The number of hydrogen-bond acceptors (Lipinski definition) is 5. The molecule has 0 aliphatic heterocycles. The Morgan fingerprint density at radius 2 is 2.05 bits per heavy atom. The van der Waals surface area contributed by atoms with Gasteiger partial charge in [0, 0.05) is 6.54 Å². The number of benzene rings is 1. The molecule has 1 aromatic carbocycles. The van der Waals surface area contributed by atoms with Crippen LogP contribution >= 0.6 is 0 Å². The highest BCUT2D eigenvalue weighted by Crippen LogP contribution is 2.31. The lowest BCUT2D eigenvalue weighted by molar-refractivity contribution is -0.142. The molecule has 2 N–H and O–H groups in total. The van der Waals surface area contributed by atoms with Crippen molar-refractivity contribution in [3.8, 4) is 0 Å². The number of nitrogens with one attached hydrogen (secondary N) is 1. The number of anilines is 1. The zero-order chi connectivity index (χ0) is 13.9. The van der Waals surface area contributed by atoms with Crippen LogP contribution in [0.25, 0.3) is 11.0 Å². The van der Waals surface area contributed by atoms with Crippen molar-refractivity contribution in [3.63, 3.8) is 0 Å². The van der Waals surface area contributed by atoms with Gasteiger partial charge in [0.25, 0.3) is 0 Å². The second-order valence-electron chi connectivity index (χ2n) is 5.14. The summed E-state index contributed by atoms with van der Waals surface area (Å²) in [6.45, 7) is 0.580. The summed E-state index contributed by atoms with van der Waals surface area (Å²) in [5.41, 5.74) is 1.54. The number of carboxylic acids is 1. The fraction of sp³-hybridized carbons (Fsp3) is 0.429. The first-order valence-corrected chi connectivity index (χ1v) is 6.80. The van der Waals surface area contributed by atoms with E-state index < -0.39 is 5.97 Å². The van der Waals surface area contributed by atoms with E-state index in [1.54, 1.807) is 0 Å². The quantitative estimate of drug-likeness (QED) is 0.884. The van der Waals surface area contributed by atoms with Gasteiger partial charge in [0.05, 0.1) is 11.4 Å². The number of para-hydroxylation sites is 1.